The van der Waals surface area contributed by atoms with Crippen molar-refractivity contribution in [1.29, 1.82) is 0 Å². The predicted octanol–water partition coefficient (Wildman–Crippen LogP) is 2.99. The van der Waals surface area contributed by atoms with E-state index in [-0.39, 0.29) is 23.4 Å². The molecule has 4 rings (SSSR count). The monoisotopic (exact) mass is 404 g/mol. The number of aliphatic hydroxyl groups excluding tert-OH is 1. The average Bonchev–Trinajstić information content (AvgIpc) is 3.37. The molecule has 3 heterocycles. The smallest absolute Gasteiger partial charge is 0.335 e. The van der Waals surface area contributed by atoms with Crippen molar-refractivity contribution >= 4 is 23.4 Å². The molecule has 1 atom stereocenters. The van der Waals surface area contributed by atoms with E-state index < -0.39 is 23.7 Å². The molecule has 1 saturated heterocycles. The number of nitrogens with zero attached hydrogens (tertiary/aromatic N) is 2. The van der Waals surface area contributed by atoms with Crippen LogP contribution in [0.1, 0.15) is 33.3 Å². The Bertz CT molecular complexity index is 1130. The third kappa shape index (κ3) is 3.35. The molecule has 1 amide bonds. The van der Waals surface area contributed by atoms with Gasteiger partial charge in [0, 0.05) is 24.5 Å². The molecule has 0 spiro atoms. The van der Waals surface area contributed by atoms with E-state index in [1.165, 1.54) is 47.8 Å². The van der Waals surface area contributed by atoms with Gasteiger partial charge in [0.25, 0.3) is 11.7 Å². The molecular formula is C22H16N2O6. The van der Waals surface area contributed by atoms with Crippen molar-refractivity contribution in [2.45, 2.75) is 12.6 Å². The van der Waals surface area contributed by atoms with Crippen LogP contribution < -0.4 is 0 Å². The Morgan fingerprint density at radius 2 is 1.70 bits per heavy atom. The quantitative estimate of drug-likeness (QED) is 0.381. The topological polar surface area (TPSA) is 121 Å². The minimum atomic E-state index is -1.06. The van der Waals surface area contributed by atoms with E-state index in [0.717, 1.165) is 0 Å². The largest absolute Gasteiger partial charge is 0.507 e. The summed E-state index contributed by atoms with van der Waals surface area (Å²) >= 11 is 0. The summed E-state index contributed by atoms with van der Waals surface area (Å²) in [5.74, 6) is -2.66. The summed E-state index contributed by atoms with van der Waals surface area (Å²) in [6, 6.07) is 11.4. The number of likely N-dealkylation sites (tertiary alicyclic amines) is 1. The van der Waals surface area contributed by atoms with Gasteiger partial charge in [-0.25, -0.2) is 4.79 Å². The Labute approximate surface area is 170 Å². The normalized spacial score (nSPS) is 18.0. The highest BCUT2D eigenvalue weighted by molar-refractivity contribution is 6.46. The number of ketones is 1. The summed E-state index contributed by atoms with van der Waals surface area (Å²) in [6.07, 6.45) is 4.36. The molecule has 1 unspecified atom stereocenters. The van der Waals surface area contributed by atoms with Crippen LogP contribution in [-0.4, -0.2) is 37.8 Å². The molecule has 2 aromatic heterocycles. The number of carbonyl (C=O) groups excluding carboxylic acids is 2. The molecule has 30 heavy (non-hydrogen) atoms. The molecular weight excluding hydrogens is 388 g/mol. The number of carboxylic acids is 1. The van der Waals surface area contributed by atoms with Crippen LogP contribution in [0.5, 0.6) is 0 Å². The lowest BCUT2D eigenvalue weighted by Crippen LogP contribution is -2.29. The number of aromatic nitrogens is 1. The van der Waals surface area contributed by atoms with E-state index in [1.54, 1.807) is 24.3 Å². The lowest BCUT2D eigenvalue weighted by molar-refractivity contribution is -0.140. The van der Waals surface area contributed by atoms with Gasteiger partial charge in [-0.05, 0) is 42.0 Å². The highest BCUT2D eigenvalue weighted by Gasteiger charge is 2.47. The second-order valence-electron chi connectivity index (χ2n) is 6.68. The van der Waals surface area contributed by atoms with Crippen LogP contribution >= 0.6 is 0 Å². The van der Waals surface area contributed by atoms with Crippen molar-refractivity contribution in [2.24, 2.45) is 0 Å². The number of carbonyl (C=O) groups is 3. The zero-order valence-corrected chi connectivity index (χ0v) is 15.6. The number of pyridine rings is 1. The van der Waals surface area contributed by atoms with Gasteiger partial charge in [0.05, 0.1) is 17.4 Å². The molecule has 0 bridgehead atoms. The van der Waals surface area contributed by atoms with Gasteiger partial charge >= 0.3 is 5.97 Å². The number of aliphatic hydroxyl groups is 1. The van der Waals surface area contributed by atoms with Crippen LogP contribution in [0, 0.1) is 0 Å². The van der Waals surface area contributed by atoms with Crippen LogP contribution in [0.25, 0.3) is 5.76 Å². The second kappa shape index (κ2) is 7.67. The predicted molar refractivity (Wildman–Crippen MR) is 104 cm³/mol. The zero-order valence-electron chi connectivity index (χ0n) is 15.6. The van der Waals surface area contributed by atoms with Crippen LogP contribution in [0.3, 0.4) is 0 Å². The van der Waals surface area contributed by atoms with Gasteiger partial charge in [-0.1, -0.05) is 12.1 Å². The van der Waals surface area contributed by atoms with Crippen molar-refractivity contribution < 1.29 is 29.0 Å². The Morgan fingerprint density at radius 3 is 2.30 bits per heavy atom. The molecule has 1 aromatic carbocycles. The fraction of sp³-hybridized carbons (Fsp3) is 0.0909. The van der Waals surface area contributed by atoms with E-state index in [4.69, 9.17) is 9.52 Å². The SMILES string of the molecule is O=C1C(=O)N(Cc2ccc(C(=O)O)cc2)C(c2ccco2)/C1=C(/O)c1ccncc1. The first-order valence-electron chi connectivity index (χ1n) is 9.02. The van der Waals surface area contributed by atoms with Crippen molar-refractivity contribution in [2.75, 3.05) is 0 Å². The number of Topliss-reactive ketones (excluding diaryl/α,β-unsaturated/α-hetero) is 1. The lowest BCUT2D eigenvalue weighted by Gasteiger charge is -2.23. The Hall–Kier alpha value is -4.20. The van der Waals surface area contributed by atoms with Crippen molar-refractivity contribution in [3.63, 3.8) is 0 Å². The summed E-state index contributed by atoms with van der Waals surface area (Å²) in [5, 5.41) is 19.9. The maximum Gasteiger partial charge on any atom is 0.335 e. The molecule has 2 N–H and O–H groups in total. The van der Waals surface area contributed by atoms with Gasteiger partial charge in [0.2, 0.25) is 0 Å². The van der Waals surface area contributed by atoms with Crippen LogP contribution in [-0.2, 0) is 16.1 Å². The highest BCUT2D eigenvalue weighted by Crippen LogP contribution is 2.40. The fourth-order valence-corrected chi connectivity index (χ4v) is 3.40. The molecule has 0 radical (unpaired) electrons. The number of aromatic carboxylic acids is 1. The number of carboxylic acid groups (broad SMARTS) is 1. The highest BCUT2D eigenvalue weighted by atomic mass is 16.4. The van der Waals surface area contributed by atoms with Gasteiger partial charge in [0.1, 0.15) is 17.6 Å². The Kier molecular flexibility index (Phi) is 4.89. The maximum absolute atomic E-state index is 12.8. The number of benzene rings is 1. The van der Waals surface area contributed by atoms with E-state index in [1.807, 2.05) is 0 Å². The molecule has 1 aliphatic heterocycles. The second-order valence-corrected chi connectivity index (χ2v) is 6.68. The molecule has 8 nitrogen and oxygen atoms in total. The minimum Gasteiger partial charge on any atom is -0.507 e. The first-order chi connectivity index (χ1) is 14.5. The van der Waals surface area contributed by atoms with Crippen LogP contribution in [0.2, 0.25) is 0 Å². The van der Waals surface area contributed by atoms with Crippen LogP contribution in [0.4, 0.5) is 0 Å². The molecule has 1 aliphatic rings. The first kappa shape index (κ1) is 19.1. The molecule has 3 aromatic rings. The summed E-state index contributed by atoms with van der Waals surface area (Å²) in [4.78, 5) is 41.9. The number of furan rings is 1. The van der Waals surface area contributed by atoms with Crippen LogP contribution in [0.15, 0.2) is 77.2 Å². The van der Waals surface area contributed by atoms with Crippen molar-refractivity contribution in [3.8, 4) is 0 Å². The number of hydrogen-bond donors (Lipinski definition) is 2. The van der Waals surface area contributed by atoms with E-state index in [2.05, 4.69) is 4.98 Å². The Balaban J connectivity index is 1.77. The molecule has 8 heteroatoms. The maximum atomic E-state index is 12.8. The molecule has 0 aliphatic carbocycles. The number of hydrogen-bond acceptors (Lipinski definition) is 6. The molecule has 1 fully saturated rings. The van der Waals surface area contributed by atoms with Gasteiger partial charge in [-0.2, -0.15) is 0 Å². The lowest BCUT2D eigenvalue weighted by atomic mass is 9.99. The third-order valence-electron chi connectivity index (χ3n) is 4.86. The molecule has 0 saturated carbocycles. The van der Waals surface area contributed by atoms with Gasteiger partial charge < -0.3 is 19.5 Å². The van der Waals surface area contributed by atoms with Crippen molar-refractivity contribution in [3.05, 3.63) is 95.2 Å². The van der Waals surface area contributed by atoms with E-state index in [0.29, 0.717) is 16.9 Å². The van der Waals surface area contributed by atoms with E-state index in [9.17, 15) is 19.5 Å². The third-order valence-corrected chi connectivity index (χ3v) is 4.86. The Morgan fingerprint density at radius 1 is 1.00 bits per heavy atom. The van der Waals surface area contributed by atoms with Crippen molar-refractivity contribution in [1.82, 2.24) is 9.88 Å². The number of amides is 1. The van der Waals surface area contributed by atoms with Gasteiger partial charge in [-0.15, -0.1) is 0 Å². The summed E-state index contributed by atoms with van der Waals surface area (Å²) in [5.41, 5.74) is 1.01. The zero-order chi connectivity index (χ0) is 21.3. The van der Waals surface area contributed by atoms with Gasteiger partial charge in [-0.3, -0.25) is 14.6 Å². The molecule has 150 valence electrons. The summed E-state index contributed by atoms with van der Waals surface area (Å²) in [6.45, 7) is 0.0307. The van der Waals surface area contributed by atoms with E-state index >= 15 is 0 Å². The number of rotatable bonds is 5. The van der Waals surface area contributed by atoms with Gasteiger partial charge in [0.15, 0.2) is 0 Å². The fourth-order valence-electron chi connectivity index (χ4n) is 3.40. The summed E-state index contributed by atoms with van der Waals surface area (Å²) < 4.78 is 5.47. The summed E-state index contributed by atoms with van der Waals surface area (Å²) in [7, 11) is 0. The standard InChI is InChI=1S/C22H16N2O6/c25-19(14-7-9-23-10-8-14)17-18(16-2-1-11-30-16)24(21(27)20(17)26)12-13-3-5-15(6-4-13)22(28)29/h1-11,18,25H,12H2,(H,28,29)/b19-17-. The first-order valence-corrected chi connectivity index (χ1v) is 9.02. The average molecular weight is 404 g/mol. The minimum absolute atomic E-state index is 0.0307.